The molecule has 2 atom stereocenters. The maximum Gasteiger partial charge on any atom is 0.254 e. The van der Waals surface area contributed by atoms with Crippen LogP contribution in [0.5, 0.6) is 5.75 Å². The molecule has 3 fully saturated rings. The number of hydrogen-bond donors (Lipinski definition) is 0. The average molecular weight is 371 g/mol. The lowest BCUT2D eigenvalue weighted by Gasteiger charge is -2.36. The number of carbonyl (C=O) groups excluding carboxylic acids is 2. The van der Waals surface area contributed by atoms with Crippen molar-refractivity contribution in [3.8, 4) is 5.75 Å². The normalized spacial score (nSPS) is 22.2. The summed E-state index contributed by atoms with van der Waals surface area (Å²) in [7, 11) is 3.57. The predicted octanol–water partition coefficient (Wildman–Crippen LogP) is 1.88. The van der Waals surface area contributed by atoms with E-state index in [2.05, 4.69) is 11.5 Å². The highest BCUT2D eigenvalue weighted by Gasteiger charge is 2.38. The van der Waals surface area contributed by atoms with Gasteiger partial charge in [-0.3, -0.25) is 14.5 Å². The molecule has 0 aromatic heterocycles. The molecule has 0 aliphatic carbocycles. The summed E-state index contributed by atoms with van der Waals surface area (Å²) in [6, 6.07) is 7.50. The Hall–Kier alpha value is -2.34. The second-order valence-electron chi connectivity index (χ2n) is 7.66. The summed E-state index contributed by atoms with van der Waals surface area (Å²) in [6.45, 7) is 6.88. The van der Waals surface area contributed by atoms with Gasteiger partial charge in [0.2, 0.25) is 5.91 Å². The van der Waals surface area contributed by atoms with Gasteiger partial charge in [0.15, 0.2) is 0 Å². The van der Waals surface area contributed by atoms with E-state index in [0.717, 1.165) is 32.5 Å². The second-order valence-corrected chi connectivity index (χ2v) is 7.66. The van der Waals surface area contributed by atoms with E-state index in [4.69, 9.17) is 4.74 Å². The molecule has 0 spiro atoms. The lowest BCUT2D eigenvalue weighted by Crippen LogP contribution is -2.47. The van der Waals surface area contributed by atoms with Crippen molar-refractivity contribution in [2.24, 2.45) is 5.92 Å². The molecule has 2 bridgehead atoms. The molecule has 6 heteroatoms. The molecule has 0 radical (unpaired) electrons. The minimum atomic E-state index is 0.0505. The number of likely N-dealkylation sites (N-methyl/N-ethyl adjacent to an activating group) is 1. The van der Waals surface area contributed by atoms with Crippen LogP contribution in [0.4, 0.5) is 0 Å². The molecule has 3 aliphatic rings. The van der Waals surface area contributed by atoms with Crippen LogP contribution in [0.2, 0.25) is 0 Å². The number of nitrogens with zero attached hydrogens (tertiary/aromatic N) is 3. The van der Waals surface area contributed by atoms with Crippen LogP contribution in [0.1, 0.15) is 23.2 Å². The SMILES string of the molecule is C=CCOc1cccc(C(=O)N2C[C@@H]3CC[C@H]2CN(CC(=O)N(C)C)C3)c1. The minimum Gasteiger partial charge on any atom is -0.490 e. The van der Waals surface area contributed by atoms with E-state index < -0.39 is 0 Å². The number of ether oxygens (including phenoxy) is 1. The standard InChI is InChI=1S/C21H29N3O3/c1-4-10-27-19-7-5-6-17(11-19)21(26)24-13-16-8-9-18(24)14-23(12-16)15-20(25)22(2)3/h4-7,11,16,18H,1,8-10,12-15H2,2-3H3/t16-,18+/m1/s1. The van der Waals surface area contributed by atoms with E-state index in [1.807, 2.05) is 23.1 Å². The number of hydrogen-bond acceptors (Lipinski definition) is 4. The highest BCUT2D eigenvalue weighted by Crippen LogP contribution is 2.29. The molecule has 3 saturated heterocycles. The van der Waals surface area contributed by atoms with Gasteiger partial charge in [0.05, 0.1) is 6.54 Å². The number of amides is 2. The van der Waals surface area contributed by atoms with E-state index >= 15 is 0 Å². The van der Waals surface area contributed by atoms with Gasteiger partial charge in [-0.05, 0) is 37.0 Å². The molecule has 0 N–H and O–H groups in total. The molecule has 27 heavy (non-hydrogen) atoms. The fourth-order valence-electron chi connectivity index (χ4n) is 3.93. The van der Waals surface area contributed by atoms with Crippen LogP contribution in [-0.4, -0.2) is 79.4 Å². The number of carbonyl (C=O) groups is 2. The number of piperidine rings is 1. The maximum atomic E-state index is 13.2. The molecule has 0 unspecified atom stereocenters. The fourth-order valence-corrected chi connectivity index (χ4v) is 3.93. The Balaban J connectivity index is 1.71. The van der Waals surface area contributed by atoms with Gasteiger partial charge in [0.25, 0.3) is 5.91 Å². The van der Waals surface area contributed by atoms with Gasteiger partial charge in [0, 0.05) is 45.3 Å². The van der Waals surface area contributed by atoms with E-state index in [-0.39, 0.29) is 17.9 Å². The lowest BCUT2D eigenvalue weighted by atomic mass is 9.94. The van der Waals surface area contributed by atoms with Crippen molar-refractivity contribution in [3.63, 3.8) is 0 Å². The van der Waals surface area contributed by atoms with E-state index in [0.29, 0.717) is 30.4 Å². The smallest absolute Gasteiger partial charge is 0.254 e. The summed E-state index contributed by atoms with van der Waals surface area (Å²) in [5.41, 5.74) is 0.653. The maximum absolute atomic E-state index is 13.2. The van der Waals surface area contributed by atoms with E-state index in [1.165, 1.54) is 0 Å². The molecule has 1 aromatic rings. The zero-order valence-corrected chi connectivity index (χ0v) is 16.3. The van der Waals surface area contributed by atoms with Crippen molar-refractivity contribution in [1.29, 1.82) is 0 Å². The Morgan fingerprint density at radius 3 is 2.81 bits per heavy atom. The van der Waals surface area contributed by atoms with Crippen molar-refractivity contribution in [3.05, 3.63) is 42.5 Å². The van der Waals surface area contributed by atoms with Crippen LogP contribution in [0.3, 0.4) is 0 Å². The molecule has 1 aromatic carbocycles. The first-order valence-corrected chi connectivity index (χ1v) is 9.55. The van der Waals surface area contributed by atoms with Gasteiger partial charge in [-0.2, -0.15) is 0 Å². The quantitative estimate of drug-likeness (QED) is 0.717. The first-order chi connectivity index (χ1) is 13.0. The Morgan fingerprint density at radius 1 is 1.26 bits per heavy atom. The first-order valence-electron chi connectivity index (χ1n) is 9.55. The predicted molar refractivity (Wildman–Crippen MR) is 105 cm³/mol. The third-order valence-corrected chi connectivity index (χ3v) is 5.36. The summed E-state index contributed by atoms with van der Waals surface area (Å²) < 4.78 is 5.56. The van der Waals surface area contributed by atoms with Crippen LogP contribution in [0, 0.1) is 5.92 Å². The summed E-state index contributed by atoms with van der Waals surface area (Å²) in [5.74, 6) is 1.26. The topological polar surface area (TPSA) is 53.1 Å². The van der Waals surface area contributed by atoms with E-state index in [9.17, 15) is 9.59 Å². The summed E-state index contributed by atoms with van der Waals surface area (Å²) >= 11 is 0. The van der Waals surface area contributed by atoms with Gasteiger partial charge in [-0.15, -0.1) is 0 Å². The highest BCUT2D eigenvalue weighted by molar-refractivity contribution is 5.95. The van der Waals surface area contributed by atoms with Crippen molar-refractivity contribution in [2.45, 2.75) is 18.9 Å². The lowest BCUT2D eigenvalue weighted by molar-refractivity contribution is -0.129. The minimum absolute atomic E-state index is 0.0505. The molecular formula is C21H29N3O3. The van der Waals surface area contributed by atoms with Crippen LogP contribution in [0.25, 0.3) is 0 Å². The molecule has 3 aliphatic heterocycles. The van der Waals surface area contributed by atoms with E-state index in [1.54, 1.807) is 31.1 Å². The van der Waals surface area contributed by atoms with Crippen LogP contribution >= 0.6 is 0 Å². The molecule has 4 rings (SSSR count). The Morgan fingerprint density at radius 2 is 2.07 bits per heavy atom. The first kappa shape index (κ1) is 19.4. The zero-order chi connectivity index (χ0) is 19.4. The molecule has 146 valence electrons. The number of fused-ring (bicyclic) bond motifs is 4. The average Bonchev–Trinajstić information content (AvgIpc) is 2.96. The van der Waals surface area contributed by atoms with Gasteiger partial charge in [0.1, 0.15) is 12.4 Å². The number of benzene rings is 1. The highest BCUT2D eigenvalue weighted by atomic mass is 16.5. The third kappa shape index (κ3) is 4.69. The van der Waals surface area contributed by atoms with Crippen molar-refractivity contribution >= 4 is 11.8 Å². The summed E-state index contributed by atoms with van der Waals surface area (Å²) in [5, 5.41) is 0. The Kier molecular flexibility index (Phi) is 6.16. The number of rotatable bonds is 6. The van der Waals surface area contributed by atoms with Gasteiger partial charge < -0.3 is 14.5 Å². The third-order valence-electron chi connectivity index (χ3n) is 5.36. The van der Waals surface area contributed by atoms with Crippen molar-refractivity contribution < 1.29 is 14.3 Å². The molecule has 3 heterocycles. The fraction of sp³-hybridized carbons (Fsp3) is 0.524. The largest absolute Gasteiger partial charge is 0.490 e. The van der Waals surface area contributed by atoms with Crippen LogP contribution in [-0.2, 0) is 4.79 Å². The van der Waals surface area contributed by atoms with Crippen molar-refractivity contribution in [2.75, 3.05) is 46.9 Å². The summed E-state index contributed by atoms with van der Waals surface area (Å²) in [4.78, 5) is 31.1. The molecule has 6 nitrogen and oxygen atoms in total. The van der Waals surface area contributed by atoms with Gasteiger partial charge in [-0.1, -0.05) is 18.7 Å². The van der Waals surface area contributed by atoms with Gasteiger partial charge in [-0.25, -0.2) is 0 Å². The van der Waals surface area contributed by atoms with Crippen LogP contribution < -0.4 is 4.74 Å². The van der Waals surface area contributed by atoms with Gasteiger partial charge >= 0.3 is 0 Å². The summed E-state index contributed by atoms with van der Waals surface area (Å²) in [6.07, 6.45) is 3.80. The van der Waals surface area contributed by atoms with Crippen molar-refractivity contribution in [1.82, 2.24) is 14.7 Å². The monoisotopic (exact) mass is 371 g/mol. The molecule has 2 amide bonds. The Bertz CT molecular complexity index is 704. The molecule has 0 saturated carbocycles. The molecular weight excluding hydrogens is 342 g/mol. The zero-order valence-electron chi connectivity index (χ0n) is 16.3. The Labute approximate surface area is 161 Å². The van der Waals surface area contributed by atoms with Crippen LogP contribution in [0.15, 0.2) is 36.9 Å². The second kappa shape index (κ2) is 8.57.